The lowest BCUT2D eigenvalue weighted by Crippen LogP contribution is -2.21. The van der Waals surface area contributed by atoms with E-state index in [1.54, 1.807) is 18.4 Å². The van der Waals surface area contributed by atoms with Crippen molar-refractivity contribution in [3.05, 3.63) is 18.2 Å². The van der Waals surface area contributed by atoms with Crippen LogP contribution < -0.4 is 10.2 Å². The molecule has 0 bridgehead atoms. The summed E-state index contributed by atoms with van der Waals surface area (Å²) >= 11 is 1.70. The summed E-state index contributed by atoms with van der Waals surface area (Å²) in [5, 5.41) is 4.24. The van der Waals surface area contributed by atoms with E-state index < -0.39 is 0 Å². The van der Waals surface area contributed by atoms with Crippen molar-refractivity contribution in [1.29, 1.82) is 0 Å². The molecule has 0 spiro atoms. The van der Waals surface area contributed by atoms with Crippen LogP contribution in [0.2, 0.25) is 0 Å². The lowest BCUT2D eigenvalue weighted by molar-refractivity contribution is 0.211. The molecule has 0 amide bonds. The van der Waals surface area contributed by atoms with Gasteiger partial charge in [0.15, 0.2) is 5.13 Å². The predicted molar refractivity (Wildman–Crippen MR) is 83.5 cm³/mol. The number of rotatable bonds is 7. The Hall–Kier alpha value is -1.33. The molecule has 1 aromatic heterocycles. The van der Waals surface area contributed by atoms with Crippen molar-refractivity contribution < 1.29 is 4.74 Å². The summed E-state index contributed by atoms with van der Waals surface area (Å²) in [7, 11) is 1.70. The first kappa shape index (κ1) is 14.1. The van der Waals surface area contributed by atoms with Gasteiger partial charge in [0.25, 0.3) is 0 Å². The van der Waals surface area contributed by atoms with E-state index in [-0.39, 0.29) is 0 Å². The Bertz CT molecular complexity index is 522. The molecule has 2 rings (SSSR count). The van der Waals surface area contributed by atoms with Crippen molar-refractivity contribution >= 4 is 32.4 Å². The Morgan fingerprint density at radius 3 is 2.79 bits per heavy atom. The molecule has 0 fully saturated rings. The molecule has 2 aromatic rings. The van der Waals surface area contributed by atoms with Gasteiger partial charge in [-0.05, 0) is 32.0 Å². The average molecular weight is 279 g/mol. The zero-order valence-corrected chi connectivity index (χ0v) is 12.6. The van der Waals surface area contributed by atoms with Crippen LogP contribution in [0.25, 0.3) is 10.2 Å². The molecule has 0 aliphatic heterocycles. The molecular weight excluding hydrogens is 258 g/mol. The van der Waals surface area contributed by atoms with Gasteiger partial charge in [0.1, 0.15) is 0 Å². The van der Waals surface area contributed by atoms with Crippen molar-refractivity contribution in [3.8, 4) is 0 Å². The second-order valence-electron chi connectivity index (χ2n) is 4.26. The molecule has 19 heavy (non-hydrogen) atoms. The monoisotopic (exact) mass is 279 g/mol. The molecule has 4 nitrogen and oxygen atoms in total. The van der Waals surface area contributed by atoms with Crippen LogP contribution in [0, 0.1) is 0 Å². The number of benzene rings is 1. The highest BCUT2D eigenvalue weighted by atomic mass is 32.1. The molecule has 5 heteroatoms. The molecule has 0 saturated heterocycles. The van der Waals surface area contributed by atoms with E-state index >= 15 is 0 Å². The van der Waals surface area contributed by atoms with Gasteiger partial charge in [0, 0.05) is 32.4 Å². The minimum absolute atomic E-state index is 0.695. The molecule has 1 N–H and O–H groups in total. The summed E-state index contributed by atoms with van der Waals surface area (Å²) in [5.41, 5.74) is 2.32. The second-order valence-corrected chi connectivity index (χ2v) is 5.29. The number of hydrogen-bond acceptors (Lipinski definition) is 5. The van der Waals surface area contributed by atoms with Crippen molar-refractivity contribution in [2.75, 3.05) is 43.6 Å². The van der Waals surface area contributed by atoms with E-state index in [2.05, 4.69) is 47.2 Å². The van der Waals surface area contributed by atoms with Gasteiger partial charge in [-0.25, -0.2) is 4.98 Å². The normalized spacial score (nSPS) is 10.9. The zero-order valence-electron chi connectivity index (χ0n) is 11.8. The maximum absolute atomic E-state index is 5.02. The third-order valence-corrected chi connectivity index (χ3v) is 4.06. The Balaban J connectivity index is 2.18. The minimum Gasteiger partial charge on any atom is -0.383 e. The van der Waals surface area contributed by atoms with Gasteiger partial charge in [-0.3, -0.25) is 0 Å². The highest BCUT2D eigenvalue weighted by Gasteiger charge is 2.07. The first-order valence-electron chi connectivity index (χ1n) is 6.66. The summed E-state index contributed by atoms with van der Waals surface area (Å²) in [5.74, 6) is 0. The van der Waals surface area contributed by atoms with Crippen molar-refractivity contribution in [2.24, 2.45) is 0 Å². The summed E-state index contributed by atoms with van der Waals surface area (Å²) in [6.07, 6.45) is 0. The zero-order chi connectivity index (χ0) is 13.7. The molecule has 0 radical (unpaired) electrons. The first-order chi connectivity index (χ1) is 9.28. The summed E-state index contributed by atoms with van der Waals surface area (Å²) in [6.45, 7) is 7.90. The molecule has 0 unspecified atom stereocenters. The van der Waals surface area contributed by atoms with E-state index in [0.717, 1.165) is 30.3 Å². The van der Waals surface area contributed by atoms with Crippen LogP contribution in [0.4, 0.5) is 10.8 Å². The number of aromatic nitrogens is 1. The predicted octanol–water partition coefficient (Wildman–Crippen LogP) is 3.20. The Morgan fingerprint density at radius 1 is 1.32 bits per heavy atom. The largest absolute Gasteiger partial charge is 0.383 e. The average Bonchev–Trinajstić information content (AvgIpc) is 2.82. The number of hydrogen-bond donors (Lipinski definition) is 1. The van der Waals surface area contributed by atoms with Crippen LogP contribution >= 0.6 is 11.3 Å². The lowest BCUT2D eigenvalue weighted by atomic mass is 10.2. The van der Waals surface area contributed by atoms with Gasteiger partial charge in [-0.15, -0.1) is 0 Å². The van der Waals surface area contributed by atoms with Crippen LogP contribution in [0.3, 0.4) is 0 Å². The molecule has 0 atom stereocenters. The lowest BCUT2D eigenvalue weighted by Gasteiger charge is -2.20. The van der Waals surface area contributed by atoms with Gasteiger partial charge in [-0.1, -0.05) is 11.3 Å². The highest BCUT2D eigenvalue weighted by molar-refractivity contribution is 7.22. The van der Waals surface area contributed by atoms with Gasteiger partial charge in [-0.2, -0.15) is 0 Å². The third kappa shape index (κ3) is 3.36. The van der Waals surface area contributed by atoms with Crippen LogP contribution in [0.5, 0.6) is 0 Å². The maximum Gasteiger partial charge on any atom is 0.183 e. The fourth-order valence-corrected chi connectivity index (χ4v) is 2.96. The SMILES string of the molecule is CCN(CC)c1ccc2nc(NCCOC)sc2c1. The third-order valence-electron chi connectivity index (χ3n) is 3.08. The Morgan fingerprint density at radius 2 is 2.11 bits per heavy atom. The molecule has 0 saturated carbocycles. The minimum atomic E-state index is 0.695. The van der Waals surface area contributed by atoms with Crippen LogP contribution in [0.1, 0.15) is 13.8 Å². The maximum atomic E-state index is 5.02. The van der Waals surface area contributed by atoms with E-state index in [1.165, 1.54) is 10.4 Å². The molecule has 0 aliphatic carbocycles. The molecule has 0 aliphatic rings. The van der Waals surface area contributed by atoms with E-state index in [1.807, 2.05) is 0 Å². The van der Waals surface area contributed by atoms with E-state index in [9.17, 15) is 0 Å². The van der Waals surface area contributed by atoms with E-state index in [4.69, 9.17) is 4.74 Å². The molecule has 1 aromatic carbocycles. The van der Waals surface area contributed by atoms with Gasteiger partial charge < -0.3 is 15.0 Å². The Kier molecular flexibility index (Phi) is 4.99. The standard InChI is InChI=1S/C14H21N3OS/c1-4-17(5-2)11-6-7-12-13(10-11)19-14(16-12)15-8-9-18-3/h6-7,10H,4-5,8-9H2,1-3H3,(H,15,16). The summed E-state index contributed by atoms with van der Waals surface area (Å²) < 4.78 is 6.25. The number of nitrogens with one attached hydrogen (secondary N) is 1. The number of methoxy groups -OCH3 is 1. The Labute approximate surface area is 118 Å². The van der Waals surface area contributed by atoms with Gasteiger partial charge >= 0.3 is 0 Å². The smallest absolute Gasteiger partial charge is 0.183 e. The highest BCUT2D eigenvalue weighted by Crippen LogP contribution is 2.29. The van der Waals surface area contributed by atoms with Crippen molar-refractivity contribution in [3.63, 3.8) is 0 Å². The molecule has 1 heterocycles. The number of anilines is 2. The number of fused-ring (bicyclic) bond motifs is 1. The van der Waals surface area contributed by atoms with Crippen LogP contribution in [-0.2, 0) is 4.74 Å². The van der Waals surface area contributed by atoms with Crippen LogP contribution in [0.15, 0.2) is 18.2 Å². The number of ether oxygens (including phenoxy) is 1. The fraction of sp³-hybridized carbons (Fsp3) is 0.500. The summed E-state index contributed by atoms with van der Waals surface area (Å²) in [6, 6.07) is 6.47. The first-order valence-corrected chi connectivity index (χ1v) is 7.48. The molecule has 104 valence electrons. The number of nitrogens with zero attached hydrogens (tertiary/aromatic N) is 2. The second kappa shape index (κ2) is 6.73. The van der Waals surface area contributed by atoms with E-state index in [0.29, 0.717) is 6.61 Å². The fourth-order valence-electron chi connectivity index (χ4n) is 2.03. The quantitative estimate of drug-likeness (QED) is 0.790. The molecular formula is C14H21N3OS. The summed E-state index contributed by atoms with van der Waals surface area (Å²) in [4.78, 5) is 6.91. The van der Waals surface area contributed by atoms with Crippen LogP contribution in [-0.4, -0.2) is 38.3 Å². The van der Waals surface area contributed by atoms with Gasteiger partial charge in [0.05, 0.1) is 16.8 Å². The van der Waals surface area contributed by atoms with Gasteiger partial charge in [0.2, 0.25) is 0 Å². The number of thiazole rings is 1. The topological polar surface area (TPSA) is 37.4 Å². The van der Waals surface area contributed by atoms with Crippen molar-refractivity contribution in [2.45, 2.75) is 13.8 Å². The van der Waals surface area contributed by atoms with Crippen molar-refractivity contribution in [1.82, 2.24) is 4.98 Å².